The molecule has 0 saturated carbocycles. The summed E-state index contributed by atoms with van der Waals surface area (Å²) in [7, 11) is 1.44. The minimum Gasteiger partial charge on any atom is -0.321 e. The Morgan fingerprint density at radius 3 is 2.21 bits per heavy atom. The number of anilines is 2. The van der Waals surface area contributed by atoms with Crippen LogP contribution in [0.2, 0.25) is 5.02 Å². The molecule has 3 aromatic rings. The second-order valence-electron chi connectivity index (χ2n) is 6.29. The van der Waals surface area contributed by atoms with E-state index >= 15 is 0 Å². The maximum Gasteiger partial charge on any atom is 0.276 e. The van der Waals surface area contributed by atoms with Crippen molar-refractivity contribution in [2.24, 2.45) is 7.05 Å². The zero-order valence-corrected chi connectivity index (χ0v) is 15.8. The molecule has 1 N–H and O–H groups in total. The molecule has 0 atom stereocenters. The Morgan fingerprint density at radius 1 is 0.966 bits per heavy atom. The van der Waals surface area contributed by atoms with Crippen molar-refractivity contribution in [3.05, 3.63) is 86.8 Å². The Bertz CT molecular complexity index is 1220. The van der Waals surface area contributed by atoms with Gasteiger partial charge in [0.15, 0.2) is 0 Å². The first-order chi connectivity index (χ1) is 13.9. The van der Waals surface area contributed by atoms with Crippen LogP contribution in [0.5, 0.6) is 0 Å². The number of amides is 3. The van der Waals surface area contributed by atoms with Gasteiger partial charge in [-0.15, -0.1) is 0 Å². The summed E-state index contributed by atoms with van der Waals surface area (Å²) >= 11 is 6.30. The van der Waals surface area contributed by atoms with Crippen LogP contribution in [-0.4, -0.2) is 27.5 Å². The standard InChI is InChI=1S/C20H13ClN4O4/c1-24-17(26)9-7-15(23-24)18(27)22-11-6-8-16(14(21)10-11)25-19(28)12-4-2-3-5-13(12)20(25)29/h2-10H,1H3,(H,22,27). The number of hydrogen-bond donors (Lipinski definition) is 1. The van der Waals surface area contributed by atoms with Crippen LogP contribution >= 0.6 is 11.6 Å². The van der Waals surface area contributed by atoms with E-state index in [4.69, 9.17) is 11.6 Å². The topological polar surface area (TPSA) is 101 Å². The Balaban J connectivity index is 1.60. The highest BCUT2D eigenvalue weighted by Gasteiger charge is 2.37. The van der Waals surface area contributed by atoms with Crippen molar-refractivity contribution in [1.82, 2.24) is 9.78 Å². The Kier molecular flexibility index (Phi) is 4.48. The van der Waals surface area contributed by atoms with Crippen LogP contribution in [0.1, 0.15) is 31.2 Å². The Labute approximate surface area is 169 Å². The van der Waals surface area contributed by atoms with Crippen LogP contribution in [0.4, 0.5) is 11.4 Å². The number of rotatable bonds is 3. The number of hydrogen-bond acceptors (Lipinski definition) is 5. The minimum absolute atomic E-state index is 0.0487. The lowest BCUT2D eigenvalue weighted by atomic mass is 10.1. The molecule has 8 nitrogen and oxygen atoms in total. The van der Waals surface area contributed by atoms with Gasteiger partial charge in [0, 0.05) is 18.8 Å². The highest BCUT2D eigenvalue weighted by Crippen LogP contribution is 2.34. The molecule has 3 amide bonds. The van der Waals surface area contributed by atoms with E-state index in [-0.39, 0.29) is 22.0 Å². The van der Waals surface area contributed by atoms with E-state index in [2.05, 4.69) is 10.4 Å². The number of benzene rings is 2. The van der Waals surface area contributed by atoms with Gasteiger partial charge in [-0.05, 0) is 36.4 Å². The average molecular weight is 409 g/mol. The summed E-state index contributed by atoms with van der Waals surface area (Å²) in [4.78, 5) is 49.9. The predicted molar refractivity (Wildman–Crippen MR) is 106 cm³/mol. The average Bonchev–Trinajstić information content (AvgIpc) is 2.95. The number of imide groups is 1. The second-order valence-corrected chi connectivity index (χ2v) is 6.70. The molecule has 144 valence electrons. The van der Waals surface area contributed by atoms with Crippen molar-refractivity contribution in [3.8, 4) is 0 Å². The molecule has 1 aliphatic heterocycles. The summed E-state index contributed by atoms with van der Waals surface area (Å²) in [6, 6.07) is 13.5. The van der Waals surface area contributed by atoms with Crippen LogP contribution in [0.15, 0.2) is 59.4 Å². The highest BCUT2D eigenvalue weighted by molar-refractivity contribution is 6.40. The van der Waals surface area contributed by atoms with Gasteiger partial charge in [0.1, 0.15) is 5.69 Å². The number of aryl methyl sites for hydroxylation is 1. The van der Waals surface area contributed by atoms with Crippen LogP contribution in [0.3, 0.4) is 0 Å². The predicted octanol–water partition coefficient (Wildman–Crippen LogP) is 2.49. The zero-order chi connectivity index (χ0) is 20.7. The Morgan fingerprint density at radius 2 is 1.62 bits per heavy atom. The maximum atomic E-state index is 12.6. The van der Waals surface area contributed by atoms with Gasteiger partial charge >= 0.3 is 0 Å². The molecule has 29 heavy (non-hydrogen) atoms. The van der Waals surface area contributed by atoms with Gasteiger partial charge in [-0.3, -0.25) is 19.2 Å². The normalized spacial score (nSPS) is 12.8. The number of aromatic nitrogens is 2. The molecule has 1 aromatic heterocycles. The van der Waals surface area contributed by atoms with Crippen molar-refractivity contribution in [1.29, 1.82) is 0 Å². The molecule has 0 unspecified atom stereocenters. The fraction of sp³-hybridized carbons (Fsp3) is 0.0500. The largest absolute Gasteiger partial charge is 0.321 e. The first-order valence-electron chi connectivity index (χ1n) is 8.50. The molecule has 2 heterocycles. The fourth-order valence-electron chi connectivity index (χ4n) is 2.99. The number of fused-ring (bicyclic) bond motifs is 1. The van der Waals surface area contributed by atoms with E-state index < -0.39 is 17.7 Å². The van der Waals surface area contributed by atoms with Gasteiger partial charge in [-0.2, -0.15) is 5.10 Å². The lowest BCUT2D eigenvalue weighted by Crippen LogP contribution is -2.29. The van der Waals surface area contributed by atoms with Crippen LogP contribution in [0, 0.1) is 0 Å². The molecule has 9 heteroatoms. The number of nitrogens with zero attached hydrogens (tertiary/aromatic N) is 3. The van der Waals surface area contributed by atoms with Crippen molar-refractivity contribution in [2.45, 2.75) is 0 Å². The lowest BCUT2D eigenvalue weighted by molar-refractivity contribution is 0.0924. The summed E-state index contributed by atoms with van der Waals surface area (Å²) in [5.41, 5.74) is 0.896. The first kappa shape index (κ1) is 18.6. The van der Waals surface area contributed by atoms with E-state index in [1.54, 1.807) is 24.3 Å². The quantitative estimate of drug-likeness (QED) is 0.671. The second kappa shape index (κ2) is 6.99. The first-order valence-corrected chi connectivity index (χ1v) is 8.87. The summed E-state index contributed by atoms with van der Waals surface area (Å²) in [6.07, 6.45) is 0. The smallest absolute Gasteiger partial charge is 0.276 e. The van der Waals surface area contributed by atoms with E-state index in [0.717, 1.165) is 9.58 Å². The van der Waals surface area contributed by atoms with Crippen LogP contribution < -0.4 is 15.8 Å². The molecule has 1 aliphatic rings. The molecule has 0 fully saturated rings. The number of nitrogens with one attached hydrogen (secondary N) is 1. The Hall–Kier alpha value is -3.78. The van der Waals surface area contributed by atoms with E-state index in [1.807, 2.05) is 0 Å². The molecule has 0 aliphatic carbocycles. The molecule has 0 spiro atoms. The fourth-order valence-corrected chi connectivity index (χ4v) is 3.26. The van der Waals surface area contributed by atoms with E-state index in [0.29, 0.717) is 16.8 Å². The minimum atomic E-state index is -0.537. The molecule has 0 bridgehead atoms. The van der Waals surface area contributed by atoms with Gasteiger partial charge in [-0.25, -0.2) is 9.58 Å². The van der Waals surface area contributed by atoms with Gasteiger partial charge in [0.25, 0.3) is 23.3 Å². The third-order valence-electron chi connectivity index (χ3n) is 4.43. The van der Waals surface area contributed by atoms with Gasteiger partial charge in [0.2, 0.25) is 0 Å². The molecule has 0 radical (unpaired) electrons. The highest BCUT2D eigenvalue weighted by atomic mass is 35.5. The van der Waals surface area contributed by atoms with Crippen molar-refractivity contribution in [2.75, 3.05) is 10.2 Å². The summed E-state index contributed by atoms with van der Waals surface area (Å²) in [5, 5.41) is 6.61. The number of carbonyl (C=O) groups excluding carboxylic acids is 3. The van der Waals surface area contributed by atoms with Crippen molar-refractivity contribution >= 4 is 40.7 Å². The monoisotopic (exact) mass is 408 g/mol. The van der Waals surface area contributed by atoms with Crippen molar-refractivity contribution < 1.29 is 14.4 Å². The molecular weight excluding hydrogens is 396 g/mol. The number of halogens is 1. The summed E-state index contributed by atoms with van der Waals surface area (Å²) in [6.45, 7) is 0. The van der Waals surface area contributed by atoms with Gasteiger partial charge in [0.05, 0.1) is 21.8 Å². The third-order valence-corrected chi connectivity index (χ3v) is 4.74. The maximum absolute atomic E-state index is 12.6. The van der Waals surface area contributed by atoms with Crippen molar-refractivity contribution in [3.63, 3.8) is 0 Å². The zero-order valence-electron chi connectivity index (χ0n) is 15.0. The van der Waals surface area contributed by atoms with E-state index in [9.17, 15) is 19.2 Å². The SMILES string of the molecule is Cn1nc(C(=O)Nc2ccc(N3C(=O)c4ccccc4C3=O)c(Cl)c2)ccc1=O. The van der Waals surface area contributed by atoms with Gasteiger partial charge in [-0.1, -0.05) is 23.7 Å². The van der Waals surface area contributed by atoms with Crippen LogP contribution in [0.25, 0.3) is 0 Å². The summed E-state index contributed by atoms with van der Waals surface area (Å²) < 4.78 is 1.05. The molecule has 4 rings (SSSR count). The third kappa shape index (κ3) is 3.19. The number of carbonyl (C=O) groups is 3. The molecular formula is C20H13ClN4O4. The van der Waals surface area contributed by atoms with E-state index in [1.165, 1.54) is 37.4 Å². The van der Waals surface area contributed by atoms with Crippen LogP contribution in [-0.2, 0) is 7.05 Å². The van der Waals surface area contributed by atoms with Gasteiger partial charge < -0.3 is 5.32 Å². The molecule has 2 aromatic carbocycles. The molecule has 0 saturated heterocycles. The summed E-state index contributed by atoms with van der Waals surface area (Å²) in [5.74, 6) is -1.46. The lowest BCUT2D eigenvalue weighted by Gasteiger charge is -2.16.